The van der Waals surface area contributed by atoms with Crippen molar-refractivity contribution < 1.29 is 17.9 Å². The molecule has 0 unspecified atom stereocenters. The molecule has 8 heteroatoms. The summed E-state index contributed by atoms with van der Waals surface area (Å²) in [7, 11) is -3.74. The van der Waals surface area contributed by atoms with Gasteiger partial charge in [-0.25, -0.2) is 4.83 Å². The fourth-order valence-electron chi connectivity index (χ4n) is 2.16. The molecule has 0 aromatic heterocycles. The van der Waals surface area contributed by atoms with E-state index in [9.17, 15) is 13.2 Å². The molecule has 0 aliphatic rings. The van der Waals surface area contributed by atoms with Crippen molar-refractivity contribution in [2.75, 3.05) is 6.61 Å². The van der Waals surface area contributed by atoms with Gasteiger partial charge in [0.2, 0.25) is 0 Å². The van der Waals surface area contributed by atoms with E-state index in [0.29, 0.717) is 11.3 Å². The van der Waals surface area contributed by atoms with E-state index in [2.05, 4.69) is 30.7 Å². The van der Waals surface area contributed by atoms with Crippen LogP contribution in [-0.4, -0.2) is 27.1 Å². The van der Waals surface area contributed by atoms with Crippen molar-refractivity contribution >= 4 is 22.1 Å². The molecule has 0 aliphatic carbocycles. The quantitative estimate of drug-likeness (QED) is 0.558. The van der Waals surface area contributed by atoms with Crippen molar-refractivity contribution in [3.63, 3.8) is 0 Å². The van der Waals surface area contributed by atoms with Crippen molar-refractivity contribution in [3.05, 3.63) is 59.7 Å². The van der Waals surface area contributed by atoms with Crippen LogP contribution in [0, 0.1) is 0 Å². The zero-order valence-corrected chi connectivity index (χ0v) is 16.3. The molecule has 0 aliphatic heterocycles. The third-order valence-corrected chi connectivity index (χ3v) is 4.92. The maximum atomic E-state index is 12.3. The van der Waals surface area contributed by atoms with Crippen LogP contribution < -0.4 is 15.3 Å². The fraction of sp³-hybridized carbons (Fsp3) is 0.263. The number of nitrogens with zero attached hydrogens (tertiary/aromatic N) is 1. The number of rotatable bonds is 7. The highest BCUT2D eigenvalue weighted by atomic mass is 32.2. The van der Waals surface area contributed by atoms with Crippen molar-refractivity contribution in [1.82, 2.24) is 4.83 Å². The molecule has 0 bridgehead atoms. The SMILES string of the molecule is CC(C)(C)c1ccc(S(=O)(=O)N/N=C/c2ccc(OCC(N)=O)cc2)cc1. The largest absolute Gasteiger partial charge is 0.484 e. The highest BCUT2D eigenvalue weighted by Gasteiger charge is 2.16. The van der Waals surface area contributed by atoms with Crippen LogP contribution in [0.25, 0.3) is 0 Å². The van der Waals surface area contributed by atoms with Gasteiger partial charge in [-0.15, -0.1) is 0 Å². The Morgan fingerprint density at radius 1 is 1.11 bits per heavy atom. The minimum atomic E-state index is -3.74. The predicted molar refractivity (Wildman–Crippen MR) is 104 cm³/mol. The summed E-state index contributed by atoms with van der Waals surface area (Å²) < 4.78 is 29.7. The lowest BCUT2D eigenvalue weighted by atomic mass is 9.87. The zero-order valence-electron chi connectivity index (χ0n) is 15.5. The molecule has 3 N–H and O–H groups in total. The number of nitrogens with one attached hydrogen (secondary N) is 1. The number of ether oxygens (including phenoxy) is 1. The molecule has 0 heterocycles. The number of amides is 1. The number of nitrogens with two attached hydrogens (primary N) is 1. The van der Waals surface area contributed by atoms with Crippen LogP contribution in [0.1, 0.15) is 31.9 Å². The van der Waals surface area contributed by atoms with Gasteiger partial charge >= 0.3 is 0 Å². The second-order valence-electron chi connectivity index (χ2n) is 6.95. The van der Waals surface area contributed by atoms with Gasteiger partial charge in [0.05, 0.1) is 11.1 Å². The van der Waals surface area contributed by atoms with Crippen molar-refractivity contribution in [2.45, 2.75) is 31.1 Å². The molecule has 2 rings (SSSR count). The Hall–Kier alpha value is -2.87. The summed E-state index contributed by atoms with van der Waals surface area (Å²) in [4.78, 5) is 13.0. The topological polar surface area (TPSA) is 111 Å². The van der Waals surface area contributed by atoms with Crippen LogP contribution in [0.2, 0.25) is 0 Å². The Kier molecular flexibility index (Phi) is 6.22. The minimum absolute atomic E-state index is 0.0544. The van der Waals surface area contributed by atoms with Crippen molar-refractivity contribution in [3.8, 4) is 5.75 Å². The molecule has 2 aromatic carbocycles. The molecule has 0 saturated heterocycles. The second kappa shape index (κ2) is 8.22. The highest BCUT2D eigenvalue weighted by molar-refractivity contribution is 7.89. The summed E-state index contributed by atoms with van der Waals surface area (Å²) in [5.41, 5.74) is 6.65. The summed E-state index contributed by atoms with van der Waals surface area (Å²) in [5, 5.41) is 3.79. The maximum absolute atomic E-state index is 12.3. The average molecular weight is 389 g/mol. The second-order valence-corrected chi connectivity index (χ2v) is 8.61. The van der Waals surface area contributed by atoms with Crippen molar-refractivity contribution in [2.24, 2.45) is 10.8 Å². The van der Waals surface area contributed by atoms with Crippen molar-refractivity contribution in [1.29, 1.82) is 0 Å². The molecule has 0 saturated carbocycles. The van der Waals surface area contributed by atoms with Gasteiger partial charge in [-0.05, 0) is 52.9 Å². The molecule has 7 nitrogen and oxygen atoms in total. The lowest BCUT2D eigenvalue weighted by molar-refractivity contribution is -0.119. The van der Waals surface area contributed by atoms with Crippen LogP contribution >= 0.6 is 0 Å². The molecular weight excluding hydrogens is 366 g/mol. The van der Waals surface area contributed by atoms with Gasteiger partial charge in [0, 0.05) is 0 Å². The number of carbonyl (C=O) groups is 1. The third kappa shape index (κ3) is 6.10. The smallest absolute Gasteiger partial charge is 0.276 e. The number of hydrogen-bond donors (Lipinski definition) is 2. The van der Waals surface area contributed by atoms with Gasteiger partial charge in [0.1, 0.15) is 5.75 Å². The van der Waals surface area contributed by atoms with E-state index in [4.69, 9.17) is 10.5 Å². The maximum Gasteiger partial charge on any atom is 0.276 e. The van der Waals surface area contributed by atoms with E-state index >= 15 is 0 Å². The van der Waals surface area contributed by atoms with Gasteiger partial charge in [-0.2, -0.15) is 13.5 Å². The summed E-state index contributed by atoms with van der Waals surface area (Å²) >= 11 is 0. The van der Waals surface area contributed by atoms with Crippen LogP contribution in [0.4, 0.5) is 0 Å². The Bertz CT molecular complexity index is 913. The van der Waals surface area contributed by atoms with E-state index in [1.807, 2.05) is 0 Å². The predicted octanol–water partition coefficient (Wildman–Crippen LogP) is 2.16. The van der Waals surface area contributed by atoms with Gasteiger partial charge in [-0.1, -0.05) is 32.9 Å². The molecule has 0 fully saturated rings. The summed E-state index contributed by atoms with van der Waals surface area (Å²) in [6, 6.07) is 13.3. The van der Waals surface area contributed by atoms with Crippen LogP contribution in [-0.2, 0) is 20.2 Å². The van der Waals surface area contributed by atoms with E-state index in [1.54, 1.807) is 48.5 Å². The Morgan fingerprint density at radius 3 is 2.22 bits per heavy atom. The van der Waals surface area contributed by atoms with E-state index < -0.39 is 15.9 Å². The van der Waals surface area contributed by atoms with Gasteiger partial charge in [0.25, 0.3) is 15.9 Å². The van der Waals surface area contributed by atoms with E-state index in [1.165, 1.54) is 6.21 Å². The van der Waals surface area contributed by atoms with E-state index in [-0.39, 0.29) is 16.9 Å². The normalized spacial score (nSPS) is 12.1. The Morgan fingerprint density at radius 2 is 1.70 bits per heavy atom. The van der Waals surface area contributed by atoms with Gasteiger partial charge in [-0.3, -0.25) is 4.79 Å². The lowest BCUT2D eigenvalue weighted by Gasteiger charge is -2.19. The number of primary amides is 1. The minimum Gasteiger partial charge on any atom is -0.484 e. The number of sulfonamides is 1. The first-order chi connectivity index (χ1) is 12.6. The summed E-state index contributed by atoms with van der Waals surface area (Å²) in [6.07, 6.45) is 1.37. The van der Waals surface area contributed by atoms with Gasteiger partial charge < -0.3 is 10.5 Å². The number of hydrogen-bond acceptors (Lipinski definition) is 5. The van der Waals surface area contributed by atoms with Crippen LogP contribution in [0.5, 0.6) is 5.75 Å². The lowest BCUT2D eigenvalue weighted by Crippen LogP contribution is -2.20. The molecule has 0 radical (unpaired) electrons. The fourth-order valence-corrected chi connectivity index (χ4v) is 2.95. The Labute approximate surface area is 159 Å². The molecule has 144 valence electrons. The monoisotopic (exact) mass is 389 g/mol. The first-order valence-electron chi connectivity index (χ1n) is 8.24. The summed E-state index contributed by atoms with van der Waals surface area (Å²) in [5.74, 6) is -0.0870. The number of benzene rings is 2. The summed E-state index contributed by atoms with van der Waals surface area (Å²) in [6.45, 7) is 5.97. The molecule has 27 heavy (non-hydrogen) atoms. The average Bonchev–Trinajstić information content (AvgIpc) is 2.60. The molecular formula is C19H23N3O4S. The number of hydrazone groups is 1. The first kappa shape index (κ1) is 20.4. The molecule has 0 atom stereocenters. The standard InChI is InChI=1S/C19H23N3O4S/c1-19(2,3)15-6-10-17(11-7-15)27(24,25)22-21-12-14-4-8-16(9-5-14)26-13-18(20)23/h4-12,22H,13H2,1-3H3,(H2,20,23)/b21-12+. The third-order valence-electron chi connectivity index (χ3n) is 3.68. The first-order valence-corrected chi connectivity index (χ1v) is 9.73. The molecule has 0 spiro atoms. The highest BCUT2D eigenvalue weighted by Crippen LogP contribution is 2.23. The zero-order chi connectivity index (χ0) is 20.1. The Balaban J connectivity index is 2.01. The van der Waals surface area contributed by atoms with Crippen LogP contribution in [0.3, 0.4) is 0 Å². The van der Waals surface area contributed by atoms with E-state index in [0.717, 1.165) is 5.56 Å². The number of carbonyl (C=O) groups excluding carboxylic acids is 1. The molecule has 2 aromatic rings. The molecule has 1 amide bonds. The van der Waals surface area contributed by atoms with Gasteiger partial charge in [0.15, 0.2) is 6.61 Å². The van der Waals surface area contributed by atoms with Crippen LogP contribution in [0.15, 0.2) is 58.5 Å².